The Hall–Kier alpha value is -1.16. The highest BCUT2D eigenvalue weighted by Crippen LogP contribution is 2.13. The molecule has 0 aromatic heterocycles. The molecule has 1 atom stereocenters. The number of likely N-dealkylation sites (tertiary alicyclic amines) is 1. The molecule has 3 heteroatoms. The summed E-state index contributed by atoms with van der Waals surface area (Å²) >= 11 is 0. The summed E-state index contributed by atoms with van der Waals surface area (Å²) in [5.74, 6) is 0. The molecule has 1 aliphatic rings. The van der Waals surface area contributed by atoms with Crippen molar-refractivity contribution in [3.05, 3.63) is 48.0 Å². The minimum Gasteiger partial charge on any atom is -0.376 e. The zero-order chi connectivity index (χ0) is 14.2. The Morgan fingerprint density at radius 3 is 2.95 bits per heavy atom. The quantitative estimate of drug-likeness (QED) is 0.582. The van der Waals surface area contributed by atoms with Crippen LogP contribution in [0.3, 0.4) is 0 Å². The summed E-state index contributed by atoms with van der Waals surface area (Å²) in [7, 11) is 0. The van der Waals surface area contributed by atoms with Crippen LogP contribution >= 0.6 is 0 Å². The van der Waals surface area contributed by atoms with E-state index in [9.17, 15) is 0 Å². The third kappa shape index (κ3) is 5.45. The molecule has 0 aliphatic carbocycles. The van der Waals surface area contributed by atoms with Crippen LogP contribution in [-0.4, -0.2) is 43.8 Å². The summed E-state index contributed by atoms with van der Waals surface area (Å²) < 4.78 is 5.50. The molecule has 3 nitrogen and oxygen atoms in total. The van der Waals surface area contributed by atoms with Crippen molar-refractivity contribution in [2.24, 2.45) is 0 Å². The van der Waals surface area contributed by atoms with Crippen molar-refractivity contribution < 1.29 is 4.74 Å². The number of hydrogen-bond acceptors (Lipinski definition) is 3. The van der Waals surface area contributed by atoms with Crippen molar-refractivity contribution in [2.75, 3.05) is 32.8 Å². The van der Waals surface area contributed by atoms with Gasteiger partial charge in [-0.2, -0.15) is 0 Å². The summed E-state index contributed by atoms with van der Waals surface area (Å²) in [4.78, 5) is 2.52. The summed E-state index contributed by atoms with van der Waals surface area (Å²) in [6, 6.07) is 11.3. The maximum Gasteiger partial charge on any atom is 0.0672 e. The van der Waals surface area contributed by atoms with Crippen molar-refractivity contribution in [1.82, 2.24) is 10.2 Å². The molecule has 1 aromatic rings. The molecule has 1 N–H and O–H groups in total. The van der Waals surface area contributed by atoms with Gasteiger partial charge in [-0.1, -0.05) is 42.5 Å². The first kappa shape index (κ1) is 15.2. The van der Waals surface area contributed by atoms with Crippen molar-refractivity contribution in [3.63, 3.8) is 0 Å². The molecule has 1 fully saturated rings. The zero-order valence-corrected chi connectivity index (χ0v) is 12.5. The molecule has 0 spiro atoms. The molecule has 1 aromatic carbocycles. The Bertz CT molecular complexity index is 405. The van der Waals surface area contributed by atoms with Gasteiger partial charge in [0.15, 0.2) is 0 Å². The molecule has 110 valence electrons. The lowest BCUT2D eigenvalue weighted by Crippen LogP contribution is -2.34. The molecular formula is C17H26N2O. The normalized spacial score (nSPS) is 19.4. The van der Waals surface area contributed by atoms with E-state index >= 15 is 0 Å². The Labute approximate surface area is 122 Å². The van der Waals surface area contributed by atoms with Gasteiger partial charge in [0.1, 0.15) is 0 Å². The van der Waals surface area contributed by atoms with Crippen LogP contribution in [0.2, 0.25) is 0 Å². The number of nitrogens with one attached hydrogen (secondary N) is 1. The van der Waals surface area contributed by atoms with Crippen molar-refractivity contribution in [2.45, 2.75) is 25.9 Å². The first-order valence-electron chi connectivity index (χ1n) is 7.46. The Kier molecular flexibility index (Phi) is 6.25. The Morgan fingerprint density at radius 2 is 2.20 bits per heavy atom. The first-order valence-corrected chi connectivity index (χ1v) is 7.46. The lowest BCUT2D eigenvalue weighted by molar-refractivity contribution is 0.155. The average molecular weight is 274 g/mol. The van der Waals surface area contributed by atoms with Gasteiger partial charge >= 0.3 is 0 Å². The standard InChI is InChI=1S/C17H26N2O/c1-15(2)14-20-11-9-18-17-8-10-19(13-17)12-16-6-4-3-5-7-16/h3-7,17-18H,1,8-14H2,2H3. The molecule has 0 saturated carbocycles. The highest BCUT2D eigenvalue weighted by Gasteiger charge is 2.21. The van der Waals surface area contributed by atoms with Crippen LogP contribution in [0.25, 0.3) is 0 Å². The van der Waals surface area contributed by atoms with Gasteiger partial charge in [0.2, 0.25) is 0 Å². The molecule has 2 rings (SSSR count). The molecule has 0 amide bonds. The van der Waals surface area contributed by atoms with Gasteiger partial charge in [-0.25, -0.2) is 0 Å². The monoisotopic (exact) mass is 274 g/mol. The first-order chi connectivity index (χ1) is 9.74. The van der Waals surface area contributed by atoms with E-state index in [1.54, 1.807) is 0 Å². The largest absolute Gasteiger partial charge is 0.376 e. The van der Waals surface area contributed by atoms with E-state index in [0.29, 0.717) is 12.6 Å². The van der Waals surface area contributed by atoms with E-state index < -0.39 is 0 Å². The Balaban J connectivity index is 1.59. The SMILES string of the molecule is C=C(C)COCCNC1CCN(Cc2ccccc2)C1. The highest BCUT2D eigenvalue weighted by atomic mass is 16.5. The van der Waals surface area contributed by atoms with Crippen molar-refractivity contribution >= 4 is 0 Å². The third-order valence-electron chi connectivity index (χ3n) is 3.55. The van der Waals surface area contributed by atoms with Gasteiger partial charge in [-0.05, 0) is 18.9 Å². The van der Waals surface area contributed by atoms with Crippen LogP contribution in [0.15, 0.2) is 42.5 Å². The number of rotatable bonds is 8. The number of benzene rings is 1. The summed E-state index contributed by atoms with van der Waals surface area (Å²) in [6.45, 7) is 11.6. The van der Waals surface area contributed by atoms with Crippen LogP contribution in [0.1, 0.15) is 18.9 Å². The van der Waals surface area contributed by atoms with Crippen LogP contribution < -0.4 is 5.32 Å². The molecular weight excluding hydrogens is 248 g/mol. The second kappa shape index (κ2) is 8.20. The maximum absolute atomic E-state index is 5.50. The minimum absolute atomic E-state index is 0.604. The zero-order valence-electron chi connectivity index (χ0n) is 12.5. The lowest BCUT2D eigenvalue weighted by atomic mass is 10.2. The van der Waals surface area contributed by atoms with Gasteiger partial charge in [0, 0.05) is 32.2 Å². The molecule has 0 bridgehead atoms. The summed E-state index contributed by atoms with van der Waals surface area (Å²) in [5, 5.41) is 3.57. The topological polar surface area (TPSA) is 24.5 Å². The Morgan fingerprint density at radius 1 is 1.40 bits per heavy atom. The average Bonchev–Trinajstić information content (AvgIpc) is 2.87. The lowest BCUT2D eigenvalue weighted by Gasteiger charge is -2.16. The highest BCUT2D eigenvalue weighted by molar-refractivity contribution is 5.14. The molecule has 1 saturated heterocycles. The van der Waals surface area contributed by atoms with Crippen LogP contribution in [0.4, 0.5) is 0 Å². The van der Waals surface area contributed by atoms with Gasteiger partial charge < -0.3 is 10.1 Å². The predicted octanol–water partition coefficient (Wildman–Crippen LogP) is 2.44. The minimum atomic E-state index is 0.604. The molecule has 1 heterocycles. The van der Waals surface area contributed by atoms with Gasteiger partial charge in [-0.15, -0.1) is 0 Å². The smallest absolute Gasteiger partial charge is 0.0672 e. The third-order valence-corrected chi connectivity index (χ3v) is 3.55. The summed E-state index contributed by atoms with van der Waals surface area (Å²) in [5.41, 5.74) is 2.48. The number of nitrogens with zero attached hydrogens (tertiary/aromatic N) is 1. The number of hydrogen-bond donors (Lipinski definition) is 1. The van der Waals surface area contributed by atoms with Gasteiger partial charge in [-0.3, -0.25) is 4.90 Å². The van der Waals surface area contributed by atoms with E-state index in [2.05, 4.69) is 47.1 Å². The summed E-state index contributed by atoms with van der Waals surface area (Å²) in [6.07, 6.45) is 1.23. The van der Waals surface area contributed by atoms with E-state index in [4.69, 9.17) is 4.74 Å². The molecule has 1 aliphatic heterocycles. The van der Waals surface area contributed by atoms with E-state index in [-0.39, 0.29) is 0 Å². The molecule has 20 heavy (non-hydrogen) atoms. The van der Waals surface area contributed by atoms with Crippen molar-refractivity contribution in [3.8, 4) is 0 Å². The number of ether oxygens (including phenoxy) is 1. The fourth-order valence-electron chi connectivity index (χ4n) is 2.57. The van der Waals surface area contributed by atoms with Crippen LogP contribution in [-0.2, 0) is 11.3 Å². The van der Waals surface area contributed by atoms with Crippen LogP contribution in [0, 0.1) is 0 Å². The van der Waals surface area contributed by atoms with Gasteiger partial charge in [0.05, 0.1) is 13.2 Å². The fourth-order valence-corrected chi connectivity index (χ4v) is 2.57. The van der Waals surface area contributed by atoms with E-state index in [1.807, 2.05) is 6.92 Å². The van der Waals surface area contributed by atoms with Crippen LogP contribution in [0.5, 0.6) is 0 Å². The maximum atomic E-state index is 5.50. The fraction of sp³-hybridized carbons (Fsp3) is 0.529. The van der Waals surface area contributed by atoms with E-state index in [0.717, 1.165) is 31.8 Å². The second-order valence-corrected chi connectivity index (χ2v) is 5.67. The molecule has 1 unspecified atom stereocenters. The van der Waals surface area contributed by atoms with Crippen molar-refractivity contribution in [1.29, 1.82) is 0 Å². The van der Waals surface area contributed by atoms with Gasteiger partial charge in [0.25, 0.3) is 0 Å². The van der Waals surface area contributed by atoms with E-state index in [1.165, 1.54) is 18.5 Å². The second-order valence-electron chi connectivity index (χ2n) is 5.67. The predicted molar refractivity (Wildman–Crippen MR) is 83.8 cm³/mol. The molecule has 0 radical (unpaired) electrons.